The van der Waals surface area contributed by atoms with E-state index in [1.165, 1.54) is 12.8 Å². The minimum Gasteiger partial charge on any atom is -0.384 e. The molecular weight excluding hydrogens is 398 g/mol. The Labute approximate surface area is 191 Å². The maximum Gasteiger partial charge on any atom is 0.251 e. The average Bonchev–Trinajstić information content (AvgIpc) is 2.69. The second-order valence-corrected chi connectivity index (χ2v) is 9.78. The van der Waals surface area contributed by atoms with E-state index < -0.39 is 0 Å². The van der Waals surface area contributed by atoms with Gasteiger partial charge >= 0.3 is 0 Å². The molecule has 1 unspecified atom stereocenters. The zero-order chi connectivity index (χ0) is 23.5. The van der Waals surface area contributed by atoms with Crippen molar-refractivity contribution in [3.05, 3.63) is 69.8 Å². The number of amidine groups is 1. The summed E-state index contributed by atoms with van der Waals surface area (Å²) in [5, 5.41) is 0. The molecule has 3 rings (SSSR count). The van der Waals surface area contributed by atoms with Gasteiger partial charge in [-0.25, -0.2) is 4.98 Å². The number of nitrogens with one attached hydrogen (secondary N) is 1. The van der Waals surface area contributed by atoms with E-state index in [1.54, 1.807) is 12.3 Å². The number of hydrogen-bond acceptors (Lipinski definition) is 4. The number of aliphatic imine (C=N–C) groups is 1. The lowest BCUT2D eigenvalue weighted by atomic mass is 9.48. The topological polar surface area (TPSA) is 87.4 Å². The molecule has 6 heteroatoms. The number of nitrogens with zero attached hydrogens (tertiary/aromatic N) is 3. The lowest BCUT2D eigenvalue weighted by molar-refractivity contribution is -0.0745. The van der Waals surface area contributed by atoms with Crippen molar-refractivity contribution in [1.82, 2.24) is 9.97 Å². The van der Waals surface area contributed by atoms with Crippen LogP contribution in [0.15, 0.2) is 58.0 Å². The third kappa shape index (κ3) is 4.79. The molecule has 6 nitrogen and oxygen atoms in total. The van der Waals surface area contributed by atoms with Crippen molar-refractivity contribution < 1.29 is 0 Å². The molecule has 1 aliphatic heterocycles. The van der Waals surface area contributed by atoms with Crippen LogP contribution in [-0.2, 0) is 0 Å². The van der Waals surface area contributed by atoms with Gasteiger partial charge in [-0.3, -0.25) is 9.79 Å². The van der Waals surface area contributed by atoms with Crippen LogP contribution >= 0.6 is 0 Å². The molecule has 1 saturated heterocycles. The fraction of sp³-hybridized carbons (Fsp3) is 0.500. The number of aromatic amines is 1. The first-order valence-corrected chi connectivity index (χ1v) is 11.4. The summed E-state index contributed by atoms with van der Waals surface area (Å²) in [7, 11) is 0. The van der Waals surface area contributed by atoms with Gasteiger partial charge in [-0.05, 0) is 63.2 Å². The third-order valence-electron chi connectivity index (χ3n) is 7.26. The largest absolute Gasteiger partial charge is 0.384 e. The minimum atomic E-state index is -0.179. The molecule has 1 aliphatic carbocycles. The zero-order valence-corrected chi connectivity index (χ0v) is 20.3. The number of aromatic nitrogens is 2. The van der Waals surface area contributed by atoms with Crippen molar-refractivity contribution in [2.75, 3.05) is 18.0 Å². The summed E-state index contributed by atoms with van der Waals surface area (Å²) in [4.78, 5) is 27.0. The monoisotopic (exact) mass is 435 g/mol. The Kier molecular flexibility index (Phi) is 6.91. The Morgan fingerprint density at radius 3 is 2.66 bits per heavy atom. The summed E-state index contributed by atoms with van der Waals surface area (Å²) in [5.74, 6) is 1.22. The van der Waals surface area contributed by atoms with Crippen molar-refractivity contribution in [2.24, 2.45) is 21.6 Å². The van der Waals surface area contributed by atoms with Gasteiger partial charge in [0.05, 0.1) is 6.04 Å². The van der Waals surface area contributed by atoms with Gasteiger partial charge in [-0.2, -0.15) is 0 Å². The molecule has 0 amide bonds. The van der Waals surface area contributed by atoms with Crippen LogP contribution in [0.3, 0.4) is 0 Å². The van der Waals surface area contributed by atoms with Crippen molar-refractivity contribution >= 4 is 11.7 Å². The predicted octanol–water partition coefficient (Wildman–Crippen LogP) is 4.77. The Morgan fingerprint density at radius 1 is 1.34 bits per heavy atom. The van der Waals surface area contributed by atoms with E-state index in [0.717, 1.165) is 29.9 Å². The highest BCUT2D eigenvalue weighted by Gasteiger charge is 2.59. The van der Waals surface area contributed by atoms with E-state index in [0.29, 0.717) is 22.5 Å². The van der Waals surface area contributed by atoms with E-state index in [4.69, 9.17) is 15.7 Å². The van der Waals surface area contributed by atoms with Crippen LogP contribution < -0.4 is 16.2 Å². The molecule has 2 heterocycles. The standard InChI is InChI=1S/C26H37N5O/c1-7-8-10-18(2)24(27)30-20(4)21-11-9-14-28-23(32)15-22(29-19(21)3)31-16-26(17-31)13-12-25(26,5)6/h7-11,14-15,20H,12-13,16-17H2,1-6H3,(H2,27,30)(H,28,32)/b8-7-,18-10-. The molecular formula is C26H37N5O. The molecule has 2 fully saturated rings. The van der Waals surface area contributed by atoms with E-state index in [-0.39, 0.29) is 11.6 Å². The summed E-state index contributed by atoms with van der Waals surface area (Å²) < 4.78 is 0. The predicted molar refractivity (Wildman–Crippen MR) is 133 cm³/mol. The lowest BCUT2D eigenvalue weighted by Crippen LogP contribution is -2.68. The first-order valence-electron chi connectivity index (χ1n) is 11.4. The molecule has 2 aliphatic rings. The first-order chi connectivity index (χ1) is 15.1. The summed E-state index contributed by atoms with van der Waals surface area (Å²) in [5.41, 5.74) is 9.48. The van der Waals surface area contributed by atoms with E-state index >= 15 is 0 Å². The van der Waals surface area contributed by atoms with Gasteiger partial charge in [0, 0.05) is 36.5 Å². The molecule has 1 spiro atoms. The molecule has 1 aromatic rings. The summed E-state index contributed by atoms with van der Waals surface area (Å²) >= 11 is 0. The number of H-pyrrole nitrogens is 1. The number of aryl methyl sites for hydroxylation is 1. The molecule has 32 heavy (non-hydrogen) atoms. The highest BCUT2D eigenvalue weighted by atomic mass is 16.1. The molecule has 0 aromatic carbocycles. The fourth-order valence-corrected chi connectivity index (χ4v) is 4.55. The van der Waals surface area contributed by atoms with Gasteiger partial charge in [0.1, 0.15) is 11.7 Å². The highest BCUT2D eigenvalue weighted by molar-refractivity contribution is 5.96. The van der Waals surface area contributed by atoms with Gasteiger partial charge in [-0.1, -0.05) is 38.1 Å². The van der Waals surface area contributed by atoms with Crippen LogP contribution in [0, 0.1) is 17.8 Å². The Bertz CT molecular complexity index is 1060. The third-order valence-corrected chi connectivity index (χ3v) is 7.26. The van der Waals surface area contributed by atoms with E-state index in [9.17, 15) is 4.79 Å². The fourth-order valence-electron chi connectivity index (χ4n) is 4.55. The van der Waals surface area contributed by atoms with Crippen molar-refractivity contribution in [1.29, 1.82) is 0 Å². The number of anilines is 1. The lowest BCUT2D eigenvalue weighted by Gasteiger charge is -2.66. The van der Waals surface area contributed by atoms with Gasteiger partial charge < -0.3 is 15.6 Å². The van der Waals surface area contributed by atoms with Gasteiger partial charge in [0.15, 0.2) is 0 Å². The van der Waals surface area contributed by atoms with Crippen LogP contribution in [-0.4, -0.2) is 28.9 Å². The van der Waals surface area contributed by atoms with Crippen LogP contribution in [0.5, 0.6) is 0 Å². The van der Waals surface area contributed by atoms with Gasteiger partial charge in [0.25, 0.3) is 5.56 Å². The van der Waals surface area contributed by atoms with E-state index in [2.05, 4.69) is 23.7 Å². The first kappa shape index (κ1) is 23.8. The summed E-state index contributed by atoms with van der Waals surface area (Å²) in [6.07, 6.45) is 10.0. The normalized spacial score (nSPS) is 20.5. The maximum absolute atomic E-state index is 12.4. The number of nitrogens with two attached hydrogens (primary N) is 1. The molecule has 3 N–H and O–H groups in total. The zero-order valence-electron chi connectivity index (χ0n) is 20.3. The average molecular weight is 436 g/mol. The molecule has 1 aromatic heterocycles. The number of allylic oxidation sites excluding steroid dienone is 3. The minimum absolute atomic E-state index is 0.168. The van der Waals surface area contributed by atoms with Crippen LogP contribution in [0.4, 0.5) is 5.82 Å². The van der Waals surface area contributed by atoms with Crippen molar-refractivity contribution in [3.8, 4) is 0 Å². The molecule has 0 radical (unpaired) electrons. The van der Waals surface area contributed by atoms with Crippen molar-refractivity contribution in [3.63, 3.8) is 0 Å². The maximum atomic E-state index is 12.4. The van der Waals surface area contributed by atoms with Crippen LogP contribution in [0.25, 0.3) is 0 Å². The summed E-state index contributed by atoms with van der Waals surface area (Å²) in [6, 6.07) is 5.18. The number of rotatable bonds is 5. The van der Waals surface area contributed by atoms with Crippen LogP contribution in [0.1, 0.15) is 64.8 Å². The highest BCUT2D eigenvalue weighted by Crippen LogP contribution is 2.61. The Balaban J connectivity index is 1.97. The molecule has 1 saturated carbocycles. The number of hydrogen-bond donors (Lipinski definition) is 2. The van der Waals surface area contributed by atoms with Crippen LogP contribution in [0.2, 0.25) is 0 Å². The SMILES string of the molecule is C/C=C\C=C(\C)C(N)=NC(C)c1ccc[nH]c(=O)cc(N2CC3(CCC3(C)C)C2)nc1C. The summed E-state index contributed by atoms with van der Waals surface area (Å²) in [6.45, 7) is 14.5. The molecule has 1 atom stereocenters. The Morgan fingerprint density at radius 2 is 2.06 bits per heavy atom. The molecule has 0 bridgehead atoms. The quantitative estimate of drug-likeness (QED) is 0.396. The Hall–Kier alpha value is -2.89. The van der Waals surface area contributed by atoms with Gasteiger partial charge in [0.2, 0.25) is 0 Å². The smallest absolute Gasteiger partial charge is 0.251 e. The van der Waals surface area contributed by atoms with Gasteiger partial charge in [-0.15, -0.1) is 0 Å². The second-order valence-electron chi connectivity index (χ2n) is 9.78. The van der Waals surface area contributed by atoms with Crippen molar-refractivity contribution in [2.45, 2.75) is 60.4 Å². The van der Waals surface area contributed by atoms with E-state index in [1.807, 2.05) is 58.1 Å². The molecule has 172 valence electrons. The second kappa shape index (κ2) is 9.31.